The van der Waals surface area contributed by atoms with Crippen molar-refractivity contribution in [1.82, 2.24) is 0 Å². The molecule has 0 aliphatic heterocycles. The van der Waals surface area contributed by atoms with Crippen LogP contribution in [-0.4, -0.2) is 0 Å². The van der Waals surface area contributed by atoms with Crippen LogP contribution in [0, 0.1) is 58.2 Å². The summed E-state index contributed by atoms with van der Waals surface area (Å²) in [6.45, 7) is 0. The van der Waals surface area contributed by atoms with Gasteiger partial charge in [-0.25, -0.2) is 43.9 Å². The predicted octanol–water partition coefficient (Wildman–Crippen LogP) is 12.0. The minimum Gasteiger partial charge on any atom is -0.269 e. The Morgan fingerprint density at radius 3 is 0.360 bits per heavy atom. The van der Waals surface area contributed by atoms with Crippen molar-refractivity contribution in [3.05, 3.63) is 149 Å². The Hall–Kier alpha value is -3.20. The van der Waals surface area contributed by atoms with E-state index in [0.717, 1.165) is 60.7 Å². The van der Waals surface area contributed by atoms with Gasteiger partial charge in [0.05, 0.1) is 24.5 Å². The average molecular weight is 831 g/mol. The van der Waals surface area contributed by atoms with Crippen LogP contribution in [0.15, 0.2) is 115 Å². The molecular formula is C30H25F15S5. The highest BCUT2D eigenvalue weighted by atomic mass is 32.1. The molecule has 0 spiro atoms. The lowest BCUT2D eigenvalue weighted by Crippen LogP contribution is -1.81. The molecule has 0 bridgehead atoms. The topological polar surface area (TPSA) is 0 Å². The molecule has 0 atom stereocenters. The maximum absolute atomic E-state index is 12.3. The summed E-state index contributed by atoms with van der Waals surface area (Å²) < 4.78 is 123. The number of rotatable bonds is 0. The van der Waals surface area contributed by atoms with Crippen molar-refractivity contribution in [2.75, 3.05) is 0 Å². The molecule has 0 fully saturated rings. The Bertz CT molecular complexity index is 1310. The van der Waals surface area contributed by atoms with Crippen LogP contribution >= 0.6 is 63.1 Å². The van der Waals surface area contributed by atoms with Crippen molar-refractivity contribution in [2.45, 2.75) is 24.5 Å². The van der Waals surface area contributed by atoms with Gasteiger partial charge in [0.1, 0.15) is 58.2 Å². The molecular weight excluding hydrogens is 806 g/mol. The lowest BCUT2D eigenvalue weighted by atomic mass is 10.3. The highest BCUT2D eigenvalue weighted by Crippen LogP contribution is 2.18. The molecule has 5 aromatic rings. The van der Waals surface area contributed by atoms with E-state index in [9.17, 15) is 43.9 Å². The molecule has 0 aliphatic carbocycles. The first kappa shape index (κ1) is 56.2. The highest BCUT2D eigenvalue weighted by molar-refractivity contribution is 7.81. The third-order valence-electron chi connectivity index (χ3n) is 4.69. The van der Waals surface area contributed by atoms with Gasteiger partial charge in [-0.2, -0.15) is 0 Å². The van der Waals surface area contributed by atoms with E-state index in [1.165, 1.54) is 30.3 Å². The van der Waals surface area contributed by atoms with E-state index in [0.29, 0.717) is 0 Å². The van der Waals surface area contributed by atoms with Gasteiger partial charge >= 0.3 is 0 Å². The average Bonchev–Trinajstić information content (AvgIpc) is 3.00. The van der Waals surface area contributed by atoms with Crippen LogP contribution in [0.3, 0.4) is 0 Å². The first-order valence-corrected chi connectivity index (χ1v) is 14.0. The van der Waals surface area contributed by atoms with Crippen LogP contribution in [0.2, 0.25) is 0 Å². The van der Waals surface area contributed by atoms with Crippen LogP contribution in [0.4, 0.5) is 67.4 Å². The summed E-state index contributed by atoms with van der Waals surface area (Å²) in [7, 11) is 0. The van der Waals surface area contributed by atoms with Crippen molar-refractivity contribution in [2.24, 2.45) is 0 Å². The third kappa shape index (κ3) is 19.3. The summed E-state index contributed by atoms with van der Waals surface area (Å²) in [5.41, 5.74) is 0. The van der Waals surface area contributed by atoms with Crippen LogP contribution in [0.1, 0.15) is 0 Å². The van der Waals surface area contributed by atoms with E-state index in [1.54, 1.807) is 0 Å². The molecule has 0 aromatic heterocycles. The van der Waals surface area contributed by atoms with Crippen molar-refractivity contribution in [3.63, 3.8) is 0 Å². The standard InChI is InChI=1S/5C6H4F2S.5FH/c5*7-4-2-1-3-5(8)6(4)9;;;;;/h5*1-3,9H;5*1H. The maximum atomic E-state index is 12.3. The Kier molecular flexibility index (Phi) is 32.0. The molecule has 50 heavy (non-hydrogen) atoms. The first-order chi connectivity index (χ1) is 21.1. The largest absolute Gasteiger partial charge is 0.269 e. The Morgan fingerprint density at radius 2 is 0.300 bits per heavy atom. The second-order valence-corrected chi connectivity index (χ2v) is 10.1. The summed E-state index contributed by atoms with van der Waals surface area (Å²) in [6.07, 6.45) is 0. The Balaban J connectivity index is -0.000000165. The lowest BCUT2D eigenvalue weighted by molar-refractivity contribution is 0.541. The lowest BCUT2D eigenvalue weighted by Gasteiger charge is -1.93. The monoisotopic (exact) mass is 830 g/mol. The number of benzene rings is 5. The van der Waals surface area contributed by atoms with Gasteiger partial charge < -0.3 is 0 Å². The number of hydrogen-bond donors (Lipinski definition) is 5. The maximum Gasteiger partial charge on any atom is 0.139 e. The fourth-order valence-corrected chi connectivity index (χ4v) is 3.19. The number of hydrogen-bond acceptors (Lipinski definition) is 5. The summed E-state index contributed by atoms with van der Waals surface area (Å²) in [4.78, 5) is -1.12. The van der Waals surface area contributed by atoms with Gasteiger partial charge in [0, 0.05) is 0 Å². The van der Waals surface area contributed by atoms with Gasteiger partial charge in [-0.3, -0.25) is 23.5 Å². The summed E-state index contributed by atoms with van der Waals surface area (Å²) in [5, 5.41) is 0. The first-order valence-electron chi connectivity index (χ1n) is 11.7. The van der Waals surface area contributed by atoms with Gasteiger partial charge in [0.2, 0.25) is 0 Å². The SMILES string of the molecule is F.F.F.F.F.Fc1cccc(F)c1S.Fc1cccc(F)c1S.Fc1cccc(F)c1S.Fc1cccc(F)c1S.Fc1cccc(F)c1S. The van der Waals surface area contributed by atoms with Gasteiger partial charge in [-0.15, -0.1) is 63.1 Å². The van der Waals surface area contributed by atoms with Gasteiger partial charge in [0.25, 0.3) is 0 Å². The van der Waals surface area contributed by atoms with Crippen LogP contribution in [-0.2, 0) is 0 Å². The van der Waals surface area contributed by atoms with Crippen molar-refractivity contribution in [3.8, 4) is 0 Å². The van der Waals surface area contributed by atoms with Gasteiger partial charge in [0.15, 0.2) is 0 Å². The molecule has 0 saturated heterocycles. The fourth-order valence-electron chi connectivity index (χ4n) is 2.45. The van der Waals surface area contributed by atoms with Crippen LogP contribution < -0.4 is 0 Å². The van der Waals surface area contributed by atoms with Crippen molar-refractivity contribution in [1.29, 1.82) is 0 Å². The minimum atomic E-state index is -0.627. The molecule has 5 rings (SSSR count). The minimum absolute atomic E-state index is 0. The van der Waals surface area contributed by atoms with E-state index in [-0.39, 0.29) is 48.0 Å². The molecule has 0 N–H and O–H groups in total. The normalized spacial score (nSPS) is 8.70. The smallest absolute Gasteiger partial charge is 0.139 e. The second-order valence-electron chi connectivity index (χ2n) is 7.85. The summed E-state index contributed by atoms with van der Waals surface area (Å²) >= 11 is 17.8. The zero-order valence-electron chi connectivity index (χ0n) is 24.2. The van der Waals surface area contributed by atoms with E-state index < -0.39 is 58.2 Å². The van der Waals surface area contributed by atoms with Gasteiger partial charge in [-0.1, -0.05) is 30.3 Å². The van der Waals surface area contributed by atoms with Gasteiger partial charge in [-0.05, 0) is 60.7 Å². The van der Waals surface area contributed by atoms with Crippen LogP contribution in [0.25, 0.3) is 0 Å². The zero-order valence-corrected chi connectivity index (χ0v) is 28.7. The van der Waals surface area contributed by atoms with E-state index in [1.807, 2.05) is 0 Å². The molecule has 0 nitrogen and oxygen atoms in total. The summed E-state index contributed by atoms with van der Waals surface area (Å²) in [6, 6.07) is 18.1. The highest BCUT2D eigenvalue weighted by Gasteiger charge is 2.03. The fraction of sp³-hybridized carbons (Fsp3) is 0. The molecule has 20 heteroatoms. The molecule has 0 aliphatic rings. The predicted molar refractivity (Wildman–Crippen MR) is 181 cm³/mol. The van der Waals surface area contributed by atoms with E-state index in [2.05, 4.69) is 63.1 Å². The Morgan fingerprint density at radius 1 is 0.220 bits per heavy atom. The van der Waals surface area contributed by atoms with E-state index >= 15 is 0 Å². The number of thiol groups is 5. The molecule has 5 aromatic carbocycles. The molecule has 0 saturated carbocycles. The second kappa shape index (κ2) is 28.5. The molecule has 0 unspecified atom stereocenters. The Labute approximate surface area is 303 Å². The summed E-state index contributed by atoms with van der Waals surface area (Å²) in [5.74, 6) is -6.27. The number of halogens is 15. The van der Waals surface area contributed by atoms with E-state index in [4.69, 9.17) is 0 Å². The quantitative estimate of drug-likeness (QED) is 0.0745. The van der Waals surface area contributed by atoms with Crippen LogP contribution in [0.5, 0.6) is 0 Å². The third-order valence-corrected chi connectivity index (χ3v) is 6.82. The molecule has 0 radical (unpaired) electrons. The molecule has 280 valence electrons. The van der Waals surface area contributed by atoms with Crippen molar-refractivity contribution >= 4 is 63.1 Å². The zero-order chi connectivity index (χ0) is 34.3. The van der Waals surface area contributed by atoms with Crippen molar-refractivity contribution < 1.29 is 67.4 Å². The molecule has 0 heterocycles. The molecule has 0 amide bonds.